The molecule has 6 heteroatoms. The molecule has 1 aliphatic heterocycles. The molecule has 92 valence electrons. The molecule has 0 radical (unpaired) electrons. The predicted molar refractivity (Wildman–Crippen MR) is 68.6 cm³/mol. The zero-order valence-corrected chi connectivity index (χ0v) is 10.8. The summed E-state index contributed by atoms with van der Waals surface area (Å²) in [6.45, 7) is 0. The lowest BCUT2D eigenvalue weighted by Gasteiger charge is -2.07. The van der Waals surface area contributed by atoms with Gasteiger partial charge in [0.25, 0.3) is 0 Å². The van der Waals surface area contributed by atoms with Crippen molar-refractivity contribution in [2.75, 3.05) is 11.5 Å². The summed E-state index contributed by atoms with van der Waals surface area (Å²) in [4.78, 5) is 11.5. The van der Waals surface area contributed by atoms with Crippen molar-refractivity contribution >= 4 is 33.2 Å². The van der Waals surface area contributed by atoms with E-state index < -0.39 is 9.84 Å². The average molecular weight is 271 g/mol. The van der Waals surface area contributed by atoms with E-state index in [1.165, 1.54) is 6.08 Å². The lowest BCUT2D eigenvalue weighted by Crippen LogP contribution is -2.34. The third kappa shape index (κ3) is 3.67. The number of thiophene rings is 1. The molecule has 1 atom stereocenters. The van der Waals surface area contributed by atoms with Gasteiger partial charge in [-0.1, -0.05) is 0 Å². The molecule has 0 bridgehead atoms. The maximum atomic E-state index is 11.5. The smallest absolute Gasteiger partial charge is 0.244 e. The average Bonchev–Trinajstić information content (AvgIpc) is 2.85. The summed E-state index contributed by atoms with van der Waals surface area (Å²) in [5.74, 6) is -0.00433. The van der Waals surface area contributed by atoms with Crippen molar-refractivity contribution in [1.82, 2.24) is 5.32 Å². The van der Waals surface area contributed by atoms with E-state index >= 15 is 0 Å². The van der Waals surface area contributed by atoms with Crippen LogP contribution in [-0.4, -0.2) is 31.9 Å². The molecule has 1 aromatic rings. The Morgan fingerprint density at radius 2 is 2.35 bits per heavy atom. The summed E-state index contributed by atoms with van der Waals surface area (Å²) in [7, 11) is -2.94. The summed E-state index contributed by atoms with van der Waals surface area (Å²) in [6.07, 6.45) is 3.67. The second-order valence-corrected chi connectivity index (χ2v) is 7.01. The lowest BCUT2D eigenvalue weighted by atomic mass is 10.2. The van der Waals surface area contributed by atoms with Gasteiger partial charge in [-0.15, -0.1) is 0 Å². The molecule has 0 spiro atoms. The minimum Gasteiger partial charge on any atom is -0.349 e. The van der Waals surface area contributed by atoms with Crippen molar-refractivity contribution < 1.29 is 13.2 Å². The first-order valence-electron chi connectivity index (χ1n) is 5.26. The van der Waals surface area contributed by atoms with Crippen LogP contribution in [0.3, 0.4) is 0 Å². The van der Waals surface area contributed by atoms with Gasteiger partial charge in [0, 0.05) is 12.1 Å². The van der Waals surface area contributed by atoms with Crippen LogP contribution in [0.25, 0.3) is 6.08 Å². The summed E-state index contributed by atoms with van der Waals surface area (Å²) in [5.41, 5.74) is 0.976. The summed E-state index contributed by atoms with van der Waals surface area (Å²) in [5, 5.41) is 6.56. The summed E-state index contributed by atoms with van der Waals surface area (Å²) in [6, 6.07) is 1.67. The monoisotopic (exact) mass is 271 g/mol. The van der Waals surface area contributed by atoms with E-state index in [4.69, 9.17) is 0 Å². The van der Waals surface area contributed by atoms with E-state index in [0.717, 1.165) is 5.56 Å². The van der Waals surface area contributed by atoms with Crippen LogP contribution in [0.15, 0.2) is 22.9 Å². The van der Waals surface area contributed by atoms with Gasteiger partial charge in [-0.3, -0.25) is 4.79 Å². The third-order valence-electron chi connectivity index (χ3n) is 2.55. The Bertz CT molecular complexity index is 517. The van der Waals surface area contributed by atoms with Crippen LogP contribution in [-0.2, 0) is 14.6 Å². The van der Waals surface area contributed by atoms with Crippen LogP contribution in [0.5, 0.6) is 0 Å². The van der Waals surface area contributed by atoms with Gasteiger partial charge in [0.15, 0.2) is 9.84 Å². The van der Waals surface area contributed by atoms with E-state index in [9.17, 15) is 13.2 Å². The quantitative estimate of drug-likeness (QED) is 0.836. The van der Waals surface area contributed by atoms with Gasteiger partial charge in [-0.25, -0.2) is 8.42 Å². The first-order chi connectivity index (χ1) is 8.05. The highest BCUT2D eigenvalue weighted by atomic mass is 32.2. The molecule has 1 N–H and O–H groups in total. The first kappa shape index (κ1) is 12.3. The summed E-state index contributed by atoms with van der Waals surface area (Å²) < 4.78 is 22.4. The molecule has 2 heterocycles. The summed E-state index contributed by atoms with van der Waals surface area (Å²) >= 11 is 1.56. The molecule has 4 nitrogen and oxygen atoms in total. The van der Waals surface area contributed by atoms with E-state index in [1.54, 1.807) is 17.4 Å². The lowest BCUT2D eigenvalue weighted by molar-refractivity contribution is -0.116. The van der Waals surface area contributed by atoms with Crippen molar-refractivity contribution in [1.29, 1.82) is 0 Å². The Labute approximate surface area is 104 Å². The van der Waals surface area contributed by atoms with Crippen LogP contribution < -0.4 is 5.32 Å². The van der Waals surface area contributed by atoms with E-state index in [0.29, 0.717) is 6.42 Å². The predicted octanol–water partition coefficient (Wildman–Crippen LogP) is 1.06. The molecule has 1 aromatic heterocycles. The van der Waals surface area contributed by atoms with Crippen molar-refractivity contribution in [2.45, 2.75) is 12.5 Å². The fraction of sp³-hybridized carbons (Fsp3) is 0.364. The maximum absolute atomic E-state index is 11.5. The standard InChI is InChI=1S/C11H13NO3S2/c13-11(2-1-9-3-5-16-7-9)12-10-4-6-17(14,15)8-10/h1-3,5,7,10H,4,6,8H2,(H,12,13). The topological polar surface area (TPSA) is 63.2 Å². The zero-order valence-electron chi connectivity index (χ0n) is 9.13. The van der Waals surface area contributed by atoms with Crippen molar-refractivity contribution in [3.63, 3.8) is 0 Å². The van der Waals surface area contributed by atoms with E-state index in [-0.39, 0.29) is 23.5 Å². The molecule has 1 unspecified atom stereocenters. The normalized spacial score (nSPS) is 22.9. The number of rotatable bonds is 3. The molecule has 0 aliphatic carbocycles. The highest BCUT2D eigenvalue weighted by molar-refractivity contribution is 7.91. The molecular weight excluding hydrogens is 258 g/mol. The molecule has 0 aromatic carbocycles. The van der Waals surface area contributed by atoms with Gasteiger partial charge < -0.3 is 5.32 Å². The number of sulfone groups is 1. The van der Waals surface area contributed by atoms with Gasteiger partial charge in [-0.2, -0.15) is 11.3 Å². The van der Waals surface area contributed by atoms with Crippen LogP contribution in [0.4, 0.5) is 0 Å². The second kappa shape index (κ2) is 5.01. The number of amides is 1. The van der Waals surface area contributed by atoms with Crippen molar-refractivity contribution in [3.8, 4) is 0 Å². The Balaban J connectivity index is 1.86. The fourth-order valence-electron chi connectivity index (χ4n) is 1.70. The van der Waals surface area contributed by atoms with Crippen LogP contribution in [0.2, 0.25) is 0 Å². The molecule has 1 saturated heterocycles. The molecular formula is C11H13NO3S2. The largest absolute Gasteiger partial charge is 0.349 e. The first-order valence-corrected chi connectivity index (χ1v) is 8.03. The van der Waals surface area contributed by atoms with Crippen LogP contribution >= 0.6 is 11.3 Å². The molecule has 1 amide bonds. The fourth-order valence-corrected chi connectivity index (χ4v) is 4.00. The van der Waals surface area contributed by atoms with Gasteiger partial charge in [-0.05, 0) is 34.9 Å². The van der Waals surface area contributed by atoms with E-state index in [1.807, 2.05) is 16.8 Å². The Kier molecular flexibility index (Phi) is 3.63. The highest BCUT2D eigenvalue weighted by Gasteiger charge is 2.28. The molecule has 0 saturated carbocycles. The van der Waals surface area contributed by atoms with Crippen LogP contribution in [0.1, 0.15) is 12.0 Å². The SMILES string of the molecule is O=C(C=Cc1ccsc1)NC1CCS(=O)(=O)C1. The van der Waals surface area contributed by atoms with Gasteiger partial charge in [0.2, 0.25) is 5.91 Å². The Morgan fingerprint density at radius 3 is 2.94 bits per heavy atom. The van der Waals surface area contributed by atoms with E-state index in [2.05, 4.69) is 5.32 Å². The number of nitrogens with one attached hydrogen (secondary N) is 1. The van der Waals surface area contributed by atoms with Crippen molar-refractivity contribution in [3.05, 3.63) is 28.5 Å². The number of carbonyl (C=O) groups is 1. The third-order valence-corrected chi connectivity index (χ3v) is 5.02. The zero-order chi connectivity index (χ0) is 12.3. The Morgan fingerprint density at radius 1 is 1.53 bits per heavy atom. The van der Waals surface area contributed by atoms with Crippen LogP contribution in [0, 0.1) is 0 Å². The maximum Gasteiger partial charge on any atom is 0.244 e. The minimum atomic E-state index is -2.94. The van der Waals surface area contributed by atoms with Gasteiger partial charge in [0.05, 0.1) is 11.5 Å². The number of hydrogen-bond acceptors (Lipinski definition) is 4. The molecule has 1 aliphatic rings. The highest BCUT2D eigenvalue weighted by Crippen LogP contribution is 2.11. The number of hydrogen-bond donors (Lipinski definition) is 1. The molecule has 17 heavy (non-hydrogen) atoms. The number of carbonyl (C=O) groups excluding carboxylic acids is 1. The molecule has 2 rings (SSSR count). The second-order valence-electron chi connectivity index (χ2n) is 4.00. The Hall–Kier alpha value is -1.14. The van der Waals surface area contributed by atoms with Gasteiger partial charge >= 0.3 is 0 Å². The van der Waals surface area contributed by atoms with Crippen molar-refractivity contribution in [2.24, 2.45) is 0 Å². The molecule has 1 fully saturated rings. The van der Waals surface area contributed by atoms with Gasteiger partial charge in [0.1, 0.15) is 0 Å². The minimum absolute atomic E-state index is 0.0605.